The quantitative estimate of drug-likeness (QED) is 0.484. The molecule has 1 saturated heterocycles. The maximum absolute atomic E-state index is 12.8. The lowest BCUT2D eigenvalue weighted by Crippen LogP contribution is -2.43. The molecule has 0 bridgehead atoms. The third-order valence-corrected chi connectivity index (χ3v) is 5.96. The van der Waals surface area contributed by atoms with Crippen LogP contribution in [-0.4, -0.2) is 56.1 Å². The summed E-state index contributed by atoms with van der Waals surface area (Å²) in [5, 5.41) is 3.90. The third kappa shape index (κ3) is 5.94. The van der Waals surface area contributed by atoms with Gasteiger partial charge < -0.3 is 19.5 Å². The lowest BCUT2D eigenvalue weighted by Gasteiger charge is -2.19. The Hall–Kier alpha value is -4.08. The summed E-state index contributed by atoms with van der Waals surface area (Å²) in [6.07, 6.45) is 1.34. The molecule has 36 heavy (non-hydrogen) atoms. The van der Waals surface area contributed by atoms with Gasteiger partial charge in [0.05, 0.1) is 26.7 Å². The Morgan fingerprint density at radius 1 is 0.972 bits per heavy atom. The van der Waals surface area contributed by atoms with Crippen molar-refractivity contribution in [3.8, 4) is 11.5 Å². The van der Waals surface area contributed by atoms with Crippen LogP contribution in [-0.2, 0) is 32.0 Å². The molecule has 1 aliphatic heterocycles. The maximum Gasteiger partial charge on any atom is 0.311 e. The van der Waals surface area contributed by atoms with E-state index >= 15 is 0 Å². The van der Waals surface area contributed by atoms with Crippen molar-refractivity contribution in [1.82, 2.24) is 10.4 Å². The number of benzene rings is 2. The summed E-state index contributed by atoms with van der Waals surface area (Å²) in [5.74, 6) is -2.49. The topological polar surface area (TPSA) is 123 Å². The Morgan fingerprint density at radius 2 is 1.56 bits per heavy atom. The first-order valence-corrected chi connectivity index (χ1v) is 11.7. The zero-order valence-electron chi connectivity index (χ0n) is 20.9. The number of ether oxygens (including phenoxy) is 3. The number of para-hydroxylation sites is 1. The minimum absolute atomic E-state index is 0.0822. The molecule has 2 N–H and O–H groups in total. The van der Waals surface area contributed by atoms with Crippen LogP contribution in [0.5, 0.6) is 11.5 Å². The number of hydrogen-bond donors (Lipinski definition) is 2. The highest BCUT2D eigenvalue weighted by Crippen LogP contribution is 2.29. The molecule has 0 aliphatic carbocycles. The van der Waals surface area contributed by atoms with Crippen LogP contribution >= 0.6 is 0 Å². The molecular weight excluding hydrogens is 466 g/mol. The molecule has 1 aliphatic rings. The van der Waals surface area contributed by atoms with Crippen LogP contribution in [0.4, 0.5) is 5.69 Å². The number of rotatable bonds is 10. The highest BCUT2D eigenvalue weighted by molar-refractivity contribution is 6.01. The normalized spacial score (nSPS) is 14.8. The third-order valence-electron chi connectivity index (χ3n) is 5.96. The first-order valence-electron chi connectivity index (χ1n) is 11.7. The van der Waals surface area contributed by atoms with E-state index < -0.39 is 36.2 Å². The molecule has 0 aromatic heterocycles. The van der Waals surface area contributed by atoms with Crippen LogP contribution in [0.2, 0.25) is 0 Å². The number of hydrazine groups is 1. The molecule has 3 amide bonds. The molecule has 3 rings (SSSR count). The van der Waals surface area contributed by atoms with Crippen molar-refractivity contribution >= 4 is 29.4 Å². The Kier molecular flexibility index (Phi) is 8.88. The molecule has 10 heteroatoms. The monoisotopic (exact) mass is 497 g/mol. The van der Waals surface area contributed by atoms with Crippen LogP contribution in [0.15, 0.2) is 36.4 Å². The van der Waals surface area contributed by atoms with Crippen molar-refractivity contribution in [2.75, 3.05) is 32.7 Å². The fourth-order valence-electron chi connectivity index (χ4n) is 4.06. The van der Waals surface area contributed by atoms with Crippen LogP contribution in [0.3, 0.4) is 0 Å². The van der Waals surface area contributed by atoms with Crippen LogP contribution in [0, 0.1) is 5.92 Å². The zero-order valence-corrected chi connectivity index (χ0v) is 20.9. The number of carbonyl (C=O) groups excluding carboxylic acids is 4. The van der Waals surface area contributed by atoms with E-state index in [2.05, 4.69) is 10.7 Å². The minimum atomic E-state index is -0.820. The molecule has 1 atom stereocenters. The maximum atomic E-state index is 12.8. The van der Waals surface area contributed by atoms with Crippen molar-refractivity contribution in [2.24, 2.45) is 5.92 Å². The molecule has 0 spiro atoms. The molecule has 2 aromatic carbocycles. The van der Waals surface area contributed by atoms with Gasteiger partial charge in [0.2, 0.25) is 5.91 Å². The van der Waals surface area contributed by atoms with Gasteiger partial charge in [0.1, 0.15) is 17.1 Å². The van der Waals surface area contributed by atoms with E-state index in [0.29, 0.717) is 0 Å². The van der Waals surface area contributed by atoms with E-state index in [0.717, 1.165) is 34.7 Å². The highest BCUT2D eigenvalue weighted by atomic mass is 16.5. The molecular formula is C26H31N3O7. The van der Waals surface area contributed by atoms with Crippen molar-refractivity contribution in [1.29, 1.82) is 0 Å². The number of anilines is 1. The molecule has 0 unspecified atom stereocenters. The van der Waals surface area contributed by atoms with Gasteiger partial charge in [-0.1, -0.05) is 38.1 Å². The highest BCUT2D eigenvalue weighted by Gasteiger charge is 2.37. The van der Waals surface area contributed by atoms with E-state index in [-0.39, 0.29) is 30.0 Å². The second-order valence-electron chi connectivity index (χ2n) is 8.20. The number of amides is 3. The summed E-state index contributed by atoms with van der Waals surface area (Å²) < 4.78 is 15.6. The summed E-state index contributed by atoms with van der Waals surface area (Å²) in [6.45, 7) is 3.43. The Bertz CT molecular complexity index is 1100. The lowest BCUT2D eigenvalue weighted by atomic mass is 10.0. The van der Waals surface area contributed by atoms with E-state index in [1.807, 2.05) is 32.0 Å². The molecule has 1 fully saturated rings. The average Bonchev–Trinajstić information content (AvgIpc) is 3.26. The number of nitrogens with zero attached hydrogens (tertiary/aromatic N) is 1. The molecule has 0 saturated carbocycles. The lowest BCUT2D eigenvalue weighted by molar-refractivity contribution is -0.151. The fourth-order valence-corrected chi connectivity index (χ4v) is 4.06. The first-order chi connectivity index (χ1) is 17.3. The van der Waals surface area contributed by atoms with E-state index in [1.54, 1.807) is 18.2 Å². The average molecular weight is 498 g/mol. The number of aryl methyl sites for hydroxylation is 2. The second kappa shape index (κ2) is 12.1. The zero-order chi connectivity index (χ0) is 26.2. The Balaban J connectivity index is 1.58. The van der Waals surface area contributed by atoms with Crippen LogP contribution < -0.4 is 20.2 Å². The Morgan fingerprint density at radius 3 is 2.11 bits per heavy atom. The van der Waals surface area contributed by atoms with Crippen molar-refractivity contribution in [3.05, 3.63) is 53.1 Å². The summed E-state index contributed by atoms with van der Waals surface area (Å²) >= 11 is 0. The van der Waals surface area contributed by atoms with Crippen molar-refractivity contribution < 1.29 is 33.4 Å². The van der Waals surface area contributed by atoms with Gasteiger partial charge >= 0.3 is 5.97 Å². The van der Waals surface area contributed by atoms with Crippen molar-refractivity contribution in [3.63, 3.8) is 0 Å². The second-order valence-corrected chi connectivity index (χ2v) is 8.20. The summed E-state index contributed by atoms with van der Waals surface area (Å²) in [6, 6.07) is 10.7. The van der Waals surface area contributed by atoms with Gasteiger partial charge in [0, 0.05) is 12.1 Å². The number of hydrogen-bond acceptors (Lipinski definition) is 7. The molecule has 10 nitrogen and oxygen atoms in total. The van der Waals surface area contributed by atoms with E-state index in [9.17, 15) is 19.2 Å². The van der Waals surface area contributed by atoms with Gasteiger partial charge in [-0.3, -0.25) is 29.6 Å². The van der Waals surface area contributed by atoms with Gasteiger partial charge in [0.25, 0.3) is 11.8 Å². The van der Waals surface area contributed by atoms with Gasteiger partial charge in [0.15, 0.2) is 6.61 Å². The fraction of sp³-hybridized carbons (Fsp3) is 0.385. The number of methoxy groups -OCH3 is 2. The first kappa shape index (κ1) is 26.5. The summed E-state index contributed by atoms with van der Waals surface area (Å²) in [5.41, 5.74) is 5.35. The summed E-state index contributed by atoms with van der Waals surface area (Å²) in [4.78, 5) is 50.3. The minimum Gasteiger partial charge on any atom is -0.496 e. The molecule has 0 radical (unpaired) electrons. The number of nitrogens with one attached hydrogen (secondary N) is 2. The Labute approximate surface area is 209 Å². The molecule has 1 heterocycles. The van der Waals surface area contributed by atoms with Crippen LogP contribution in [0.25, 0.3) is 0 Å². The standard InChI is InChI=1S/C26H31N3O7/c1-5-16-9-7-10-17(6-2)24(16)27-21(30)15-36-26(33)18-13-22(31)29(14-18)28-25(32)23-19(34-3)11-8-12-20(23)35-4/h7-12,18H,5-6,13-15H2,1-4H3,(H,27,30)(H,28,32)/t18-/m0/s1. The number of carbonyl (C=O) groups is 4. The number of esters is 1. The summed E-state index contributed by atoms with van der Waals surface area (Å²) in [7, 11) is 2.83. The van der Waals surface area contributed by atoms with Gasteiger partial charge in [-0.2, -0.15) is 0 Å². The smallest absolute Gasteiger partial charge is 0.311 e. The van der Waals surface area contributed by atoms with E-state index in [1.165, 1.54) is 14.2 Å². The van der Waals surface area contributed by atoms with E-state index in [4.69, 9.17) is 14.2 Å². The predicted molar refractivity (Wildman–Crippen MR) is 132 cm³/mol. The predicted octanol–water partition coefficient (Wildman–Crippen LogP) is 2.50. The molecule has 2 aromatic rings. The molecule has 192 valence electrons. The van der Waals surface area contributed by atoms with Crippen LogP contribution in [0.1, 0.15) is 41.8 Å². The largest absolute Gasteiger partial charge is 0.496 e. The van der Waals surface area contributed by atoms with Gasteiger partial charge in [-0.15, -0.1) is 0 Å². The van der Waals surface area contributed by atoms with Gasteiger partial charge in [-0.25, -0.2) is 0 Å². The SMILES string of the molecule is CCc1cccc(CC)c1NC(=O)COC(=O)[C@H]1CC(=O)N(NC(=O)c2c(OC)cccc2OC)C1. The van der Waals surface area contributed by atoms with Crippen molar-refractivity contribution in [2.45, 2.75) is 33.1 Å². The van der Waals surface area contributed by atoms with Gasteiger partial charge in [-0.05, 0) is 36.1 Å².